The molecule has 2 N–H and O–H groups in total. The van der Waals surface area contributed by atoms with Gasteiger partial charge in [-0.2, -0.15) is 0 Å². The second kappa shape index (κ2) is 10.1. The number of nitrogens with one attached hydrogen (secondary N) is 2. The Morgan fingerprint density at radius 3 is 2.38 bits per heavy atom. The third-order valence-electron chi connectivity index (χ3n) is 5.47. The number of benzene rings is 1. The highest BCUT2D eigenvalue weighted by Gasteiger charge is 2.28. The molecule has 0 radical (unpaired) electrons. The van der Waals surface area contributed by atoms with Crippen LogP contribution in [0.25, 0.3) is 0 Å². The molecule has 0 spiro atoms. The van der Waals surface area contributed by atoms with Crippen molar-refractivity contribution < 1.29 is 18.0 Å². The zero-order valence-electron chi connectivity index (χ0n) is 18.5. The van der Waals surface area contributed by atoms with E-state index in [1.165, 1.54) is 11.3 Å². The van der Waals surface area contributed by atoms with E-state index in [0.717, 1.165) is 5.56 Å². The van der Waals surface area contributed by atoms with E-state index in [-0.39, 0.29) is 41.0 Å². The number of carbonyl (C=O) groups excluding carboxylic acids is 2. The van der Waals surface area contributed by atoms with Gasteiger partial charge in [0.2, 0.25) is 27.0 Å². The van der Waals surface area contributed by atoms with Crippen LogP contribution in [0.5, 0.6) is 0 Å². The maximum atomic E-state index is 12.5. The number of amides is 2. The lowest BCUT2D eigenvalue weighted by Crippen LogP contribution is -2.42. The lowest BCUT2D eigenvalue weighted by Gasteiger charge is -2.31. The molecule has 1 aromatic heterocycles. The minimum Gasteiger partial charge on any atom is -0.343 e. The van der Waals surface area contributed by atoms with Crippen molar-refractivity contribution >= 4 is 38.3 Å². The first-order chi connectivity index (χ1) is 15.1. The lowest BCUT2D eigenvalue weighted by atomic mass is 9.87. The molecule has 1 aliphatic rings. The molecule has 9 nitrogen and oxygen atoms in total. The van der Waals surface area contributed by atoms with E-state index in [9.17, 15) is 18.0 Å². The maximum Gasteiger partial charge on any atom is 0.240 e. The summed E-state index contributed by atoms with van der Waals surface area (Å²) in [4.78, 5) is 26.6. The molecule has 2 amide bonds. The number of anilines is 1. The highest BCUT2D eigenvalue weighted by atomic mass is 32.2. The zero-order chi connectivity index (χ0) is 23.4. The number of sulfonamides is 1. The highest BCUT2D eigenvalue weighted by molar-refractivity contribution is 7.89. The summed E-state index contributed by atoms with van der Waals surface area (Å²) >= 11 is 1.26. The zero-order valence-corrected chi connectivity index (χ0v) is 20.1. The fourth-order valence-corrected chi connectivity index (χ4v) is 4.97. The van der Waals surface area contributed by atoms with Crippen molar-refractivity contribution in [3.63, 3.8) is 0 Å². The first-order valence-corrected chi connectivity index (χ1v) is 12.9. The smallest absolute Gasteiger partial charge is 0.240 e. The molecular formula is C21H29N5O4S2. The van der Waals surface area contributed by atoms with Gasteiger partial charge in [-0.1, -0.05) is 44.2 Å². The molecule has 0 atom stereocenters. The monoisotopic (exact) mass is 479 g/mol. The summed E-state index contributed by atoms with van der Waals surface area (Å²) in [5.74, 6) is -0.421. The molecule has 1 aliphatic heterocycles. The van der Waals surface area contributed by atoms with E-state index in [2.05, 4.69) is 41.0 Å². The Kier molecular flexibility index (Phi) is 7.63. The van der Waals surface area contributed by atoms with Crippen LogP contribution < -0.4 is 10.0 Å². The third kappa shape index (κ3) is 6.33. The molecule has 174 valence electrons. The van der Waals surface area contributed by atoms with E-state index < -0.39 is 10.0 Å². The molecule has 2 aromatic rings. The van der Waals surface area contributed by atoms with Crippen molar-refractivity contribution in [2.45, 2.75) is 50.3 Å². The summed E-state index contributed by atoms with van der Waals surface area (Å²) in [7, 11) is -3.68. The molecular weight excluding hydrogens is 450 g/mol. The van der Waals surface area contributed by atoms with Crippen LogP contribution in [-0.4, -0.2) is 55.0 Å². The second-order valence-electron chi connectivity index (χ2n) is 8.81. The second-order valence-corrected chi connectivity index (χ2v) is 11.4. The fourth-order valence-electron chi connectivity index (χ4n) is 3.49. The Morgan fingerprint density at radius 2 is 1.81 bits per heavy atom. The van der Waals surface area contributed by atoms with Crippen LogP contribution in [0.4, 0.5) is 5.13 Å². The van der Waals surface area contributed by atoms with E-state index in [1.807, 2.05) is 12.1 Å². The number of hydrogen-bond donors (Lipinski definition) is 2. The van der Waals surface area contributed by atoms with Gasteiger partial charge in [0, 0.05) is 32.0 Å². The number of nitrogens with zero attached hydrogens (tertiary/aromatic N) is 3. The molecule has 0 unspecified atom stereocenters. The van der Waals surface area contributed by atoms with Gasteiger partial charge in [-0.3, -0.25) is 9.59 Å². The predicted octanol–water partition coefficient (Wildman–Crippen LogP) is 2.38. The topological polar surface area (TPSA) is 121 Å². The SMILES string of the molecule is CC(C)(C)c1ccc(S(=O)(=O)NCCC(=O)N2CCC(C(=O)Nc3nncs3)CC2)cc1. The molecule has 1 fully saturated rings. The van der Waals surface area contributed by atoms with Crippen LogP contribution >= 0.6 is 11.3 Å². The quantitative estimate of drug-likeness (QED) is 0.629. The fraction of sp³-hybridized carbons (Fsp3) is 0.524. The Balaban J connectivity index is 1.43. The van der Waals surface area contributed by atoms with E-state index in [1.54, 1.807) is 22.5 Å². The van der Waals surface area contributed by atoms with Crippen molar-refractivity contribution in [3.8, 4) is 0 Å². The predicted molar refractivity (Wildman–Crippen MR) is 123 cm³/mol. The van der Waals surface area contributed by atoms with Crippen LogP contribution in [0.3, 0.4) is 0 Å². The maximum absolute atomic E-state index is 12.5. The van der Waals surface area contributed by atoms with E-state index >= 15 is 0 Å². The van der Waals surface area contributed by atoms with Gasteiger partial charge in [0.05, 0.1) is 4.90 Å². The molecule has 0 saturated carbocycles. The molecule has 1 saturated heterocycles. The molecule has 32 heavy (non-hydrogen) atoms. The normalized spacial score (nSPS) is 15.5. The van der Waals surface area contributed by atoms with Gasteiger partial charge in [-0.25, -0.2) is 13.1 Å². The highest BCUT2D eigenvalue weighted by Crippen LogP contribution is 2.23. The third-order valence-corrected chi connectivity index (χ3v) is 7.55. The van der Waals surface area contributed by atoms with Crippen LogP contribution in [0.15, 0.2) is 34.7 Å². The van der Waals surface area contributed by atoms with Crippen molar-refractivity contribution in [1.82, 2.24) is 19.8 Å². The number of rotatable bonds is 7. The number of likely N-dealkylation sites (tertiary alicyclic amines) is 1. The summed E-state index contributed by atoms with van der Waals surface area (Å²) in [6.07, 6.45) is 1.19. The first kappa shape index (κ1) is 24.3. The van der Waals surface area contributed by atoms with Crippen LogP contribution in [-0.2, 0) is 25.0 Å². The molecule has 11 heteroatoms. The minimum atomic E-state index is -3.68. The largest absolute Gasteiger partial charge is 0.343 e. The van der Waals surface area contributed by atoms with E-state index in [4.69, 9.17) is 0 Å². The van der Waals surface area contributed by atoms with Gasteiger partial charge in [-0.15, -0.1) is 10.2 Å². The first-order valence-electron chi connectivity index (χ1n) is 10.5. The minimum absolute atomic E-state index is 0.0274. The Hall–Kier alpha value is -2.37. The van der Waals surface area contributed by atoms with Crippen LogP contribution in [0, 0.1) is 5.92 Å². The number of hydrogen-bond acceptors (Lipinski definition) is 7. The van der Waals surface area contributed by atoms with Crippen molar-refractivity contribution in [2.75, 3.05) is 25.0 Å². The number of carbonyl (C=O) groups is 2. The average molecular weight is 480 g/mol. The van der Waals surface area contributed by atoms with Gasteiger partial charge in [-0.05, 0) is 36.0 Å². The summed E-state index contributed by atoms with van der Waals surface area (Å²) < 4.78 is 27.5. The lowest BCUT2D eigenvalue weighted by molar-refractivity contribution is -0.134. The van der Waals surface area contributed by atoms with Crippen LogP contribution in [0.2, 0.25) is 0 Å². The summed E-state index contributed by atoms with van der Waals surface area (Å²) in [6.45, 7) is 7.15. The summed E-state index contributed by atoms with van der Waals surface area (Å²) in [5, 5.41) is 10.7. The van der Waals surface area contributed by atoms with E-state index in [0.29, 0.717) is 31.1 Å². The number of piperidine rings is 1. The van der Waals surface area contributed by atoms with Crippen LogP contribution in [0.1, 0.15) is 45.6 Å². The molecule has 3 rings (SSSR count). The summed E-state index contributed by atoms with van der Waals surface area (Å²) in [5.41, 5.74) is 2.53. The van der Waals surface area contributed by atoms with Gasteiger partial charge in [0.1, 0.15) is 5.51 Å². The molecule has 0 bridgehead atoms. The Bertz CT molecular complexity index is 1020. The molecule has 0 aliphatic carbocycles. The van der Waals surface area contributed by atoms with Crippen molar-refractivity contribution in [1.29, 1.82) is 0 Å². The van der Waals surface area contributed by atoms with Crippen molar-refractivity contribution in [3.05, 3.63) is 35.3 Å². The standard InChI is InChI=1S/C21H29N5O4S2/c1-21(2,3)16-4-6-17(7-5-16)32(29,30)23-11-8-18(27)26-12-9-15(10-13-26)19(28)24-20-25-22-14-31-20/h4-7,14-15,23H,8-13H2,1-3H3,(H,24,25,28). The number of aromatic nitrogens is 2. The average Bonchev–Trinajstić information content (AvgIpc) is 3.26. The molecule has 2 heterocycles. The van der Waals surface area contributed by atoms with Crippen molar-refractivity contribution in [2.24, 2.45) is 5.92 Å². The summed E-state index contributed by atoms with van der Waals surface area (Å²) in [6, 6.07) is 6.79. The van der Waals surface area contributed by atoms with Gasteiger partial charge < -0.3 is 10.2 Å². The van der Waals surface area contributed by atoms with Gasteiger partial charge >= 0.3 is 0 Å². The Labute approximate surface area is 192 Å². The van der Waals surface area contributed by atoms with Gasteiger partial charge in [0.25, 0.3) is 0 Å². The Morgan fingerprint density at radius 1 is 1.16 bits per heavy atom. The molecule has 1 aromatic carbocycles. The van der Waals surface area contributed by atoms with Gasteiger partial charge in [0.15, 0.2) is 0 Å².